The highest BCUT2D eigenvalue weighted by molar-refractivity contribution is 6.33. The highest BCUT2D eigenvalue weighted by Gasteiger charge is 2.33. The van der Waals surface area contributed by atoms with Gasteiger partial charge in [-0.15, -0.1) is 0 Å². The third kappa shape index (κ3) is 4.37. The quantitative estimate of drug-likeness (QED) is 0.591. The van der Waals surface area contributed by atoms with Gasteiger partial charge < -0.3 is 15.2 Å². The van der Waals surface area contributed by atoms with Crippen LogP contribution >= 0.6 is 11.6 Å². The molecule has 0 radical (unpaired) electrons. The van der Waals surface area contributed by atoms with Crippen molar-refractivity contribution in [2.45, 2.75) is 31.2 Å². The van der Waals surface area contributed by atoms with Crippen molar-refractivity contribution < 1.29 is 9.18 Å². The zero-order chi connectivity index (χ0) is 23.8. The molecule has 2 fully saturated rings. The second-order valence-electron chi connectivity index (χ2n) is 8.90. The summed E-state index contributed by atoms with van der Waals surface area (Å²) in [5.74, 6) is 0.177. The van der Waals surface area contributed by atoms with Crippen LogP contribution in [0.25, 0.3) is 10.9 Å². The number of rotatable bonds is 4. The Kier molecular flexibility index (Phi) is 6.22. The monoisotopic (exact) mass is 484 g/mol. The van der Waals surface area contributed by atoms with E-state index in [4.69, 9.17) is 11.6 Å². The first-order valence-electron chi connectivity index (χ1n) is 11.5. The normalized spacial score (nSPS) is 21.2. The smallest absolute Gasteiger partial charge is 0.269 e. The van der Waals surface area contributed by atoms with Gasteiger partial charge in [-0.2, -0.15) is 0 Å². The van der Waals surface area contributed by atoms with Gasteiger partial charge in [-0.3, -0.25) is 14.5 Å². The Morgan fingerprint density at radius 3 is 2.74 bits per heavy atom. The number of nitrogens with zero attached hydrogens (tertiary/aromatic N) is 4. The van der Waals surface area contributed by atoms with E-state index in [0.29, 0.717) is 28.1 Å². The third-order valence-electron chi connectivity index (χ3n) is 6.94. The number of carbonyl (C=O) groups excluding carboxylic acids is 1. The standard InChI is InChI=1S/C24H26ClFN6O2/c1-27-24(34)20-12-18(25)21(13-28-20)32-8-6-31(7-9-32)16-4-2-14(10-16)22-29-19-5-3-15(26)11-17(19)23(33)30-22/h3,5,11-14,16H,2,4,6-10H2,1H3,(H,27,34)(H,29,30,33)/t14-,16+/m1/s1. The first-order chi connectivity index (χ1) is 16.4. The number of benzene rings is 1. The van der Waals surface area contributed by atoms with Gasteiger partial charge in [0.1, 0.15) is 17.3 Å². The molecular weight excluding hydrogens is 459 g/mol. The molecule has 1 saturated heterocycles. The van der Waals surface area contributed by atoms with E-state index in [1.807, 2.05) is 0 Å². The molecule has 34 heavy (non-hydrogen) atoms. The number of H-pyrrole nitrogens is 1. The summed E-state index contributed by atoms with van der Waals surface area (Å²) >= 11 is 6.45. The minimum absolute atomic E-state index is 0.182. The van der Waals surface area contributed by atoms with Gasteiger partial charge >= 0.3 is 0 Å². The number of carbonyl (C=O) groups is 1. The molecule has 0 bridgehead atoms. The number of aromatic amines is 1. The van der Waals surface area contributed by atoms with E-state index in [-0.39, 0.29) is 22.8 Å². The zero-order valence-corrected chi connectivity index (χ0v) is 19.6. The number of hydrogen-bond acceptors (Lipinski definition) is 6. The van der Waals surface area contributed by atoms with Gasteiger partial charge in [0, 0.05) is 45.2 Å². The van der Waals surface area contributed by atoms with Crippen LogP contribution in [0.15, 0.2) is 35.3 Å². The maximum atomic E-state index is 13.5. The first kappa shape index (κ1) is 22.7. The summed E-state index contributed by atoms with van der Waals surface area (Å²) in [6.07, 6.45) is 4.59. The molecule has 2 aliphatic rings. The lowest BCUT2D eigenvalue weighted by molar-refractivity contribution is 0.0958. The summed E-state index contributed by atoms with van der Waals surface area (Å²) in [6, 6.07) is 6.16. The molecule has 0 unspecified atom stereocenters. The van der Waals surface area contributed by atoms with Crippen molar-refractivity contribution in [2.75, 3.05) is 38.1 Å². The summed E-state index contributed by atoms with van der Waals surface area (Å²) in [5.41, 5.74) is 1.39. The second kappa shape index (κ2) is 9.31. The predicted molar refractivity (Wildman–Crippen MR) is 129 cm³/mol. The van der Waals surface area contributed by atoms with Gasteiger partial charge in [-0.05, 0) is 43.5 Å². The Morgan fingerprint density at radius 2 is 2.00 bits per heavy atom. The van der Waals surface area contributed by atoms with Gasteiger partial charge in [-0.25, -0.2) is 14.4 Å². The molecular formula is C24H26ClFN6O2. The number of pyridine rings is 1. The van der Waals surface area contributed by atoms with Crippen LogP contribution in [0.2, 0.25) is 5.02 Å². The van der Waals surface area contributed by atoms with Gasteiger partial charge in [0.15, 0.2) is 0 Å². The Labute approximate surface area is 201 Å². The highest BCUT2D eigenvalue weighted by Crippen LogP contribution is 2.36. The lowest BCUT2D eigenvalue weighted by Crippen LogP contribution is -2.50. The Bertz CT molecular complexity index is 1290. The van der Waals surface area contributed by atoms with Crippen molar-refractivity contribution in [2.24, 2.45) is 0 Å². The van der Waals surface area contributed by atoms with Gasteiger partial charge in [0.2, 0.25) is 0 Å². The van der Waals surface area contributed by atoms with Crippen LogP contribution in [0.5, 0.6) is 0 Å². The number of hydrogen-bond donors (Lipinski definition) is 2. The first-order valence-corrected chi connectivity index (χ1v) is 11.9. The number of piperazine rings is 1. The van der Waals surface area contributed by atoms with Crippen LogP contribution in [-0.2, 0) is 0 Å². The lowest BCUT2D eigenvalue weighted by atomic mass is 10.1. The maximum absolute atomic E-state index is 13.5. The Balaban J connectivity index is 1.22. The van der Waals surface area contributed by atoms with E-state index in [1.165, 1.54) is 12.1 Å². The van der Waals surface area contributed by atoms with Crippen molar-refractivity contribution in [1.82, 2.24) is 25.2 Å². The third-order valence-corrected chi connectivity index (χ3v) is 7.25. The minimum atomic E-state index is -0.438. The molecule has 2 N–H and O–H groups in total. The van der Waals surface area contributed by atoms with Crippen molar-refractivity contribution in [3.63, 3.8) is 0 Å². The number of halogens is 2. The highest BCUT2D eigenvalue weighted by atomic mass is 35.5. The molecule has 5 rings (SSSR count). The molecule has 1 aliphatic carbocycles. The zero-order valence-electron chi connectivity index (χ0n) is 18.9. The van der Waals surface area contributed by atoms with E-state index >= 15 is 0 Å². The van der Waals surface area contributed by atoms with Gasteiger partial charge in [0.05, 0.1) is 27.8 Å². The average molecular weight is 485 g/mol. The molecule has 3 heterocycles. The molecule has 0 spiro atoms. The predicted octanol–water partition coefficient (Wildman–Crippen LogP) is 2.93. The summed E-state index contributed by atoms with van der Waals surface area (Å²) in [4.78, 5) is 40.7. The molecule has 2 aromatic heterocycles. The number of anilines is 1. The molecule has 3 aromatic rings. The molecule has 10 heteroatoms. The van der Waals surface area contributed by atoms with E-state index in [1.54, 1.807) is 25.4 Å². The van der Waals surface area contributed by atoms with E-state index in [9.17, 15) is 14.0 Å². The van der Waals surface area contributed by atoms with Crippen molar-refractivity contribution in [3.8, 4) is 0 Å². The largest absolute Gasteiger partial charge is 0.367 e. The van der Waals surface area contributed by atoms with Crippen molar-refractivity contribution in [3.05, 3.63) is 63.2 Å². The number of nitrogens with one attached hydrogen (secondary N) is 2. The topological polar surface area (TPSA) is 94.2 Å². The van der Waals surface area contributed by atoms with Crippen LogP contribution in [0.1, 0.15) is 41.5 Å². The summed E-state index contributed by atoms with van der Waals surface area (Å²) in [6.45, 7) is 3.43. The summed E-state index contributed by atoms with van der Waals surface area (Å²) in [7, 11) is 1.56. The van der Waals surface area contributed by atoms with Crippen LogP contribution in [-0.4, -0.2) is 65.0 Å². The average Bonchev–Trinajstić information content (AvgIpc) is 3.34. The van der Waals surface area contributed by atoms with E-state index < -0.39 is 5.82 Å². The van der Waals surface area contributed by atoms with E-state index in [0.717, 1.165) is 51.1 Å². The molecule has 2 atom stereocenters. The number of fused-ring (bicyclic) bond motifs is 1. The Hall–Kier alpha value is -3.04. The van der Waals surface area contributed by atoms with Crippen LogP contribution < -0.4 is 15.8 Å². The summed E-state index contributed by atoms with van der Waals surface area (Å²) < 4.78 is 13.5. The molecule has 178 valence electrons. The van der Waals surface area contributed by atoms with Crippen LogP contribution in [0, 0.1) is 5.82 Å². The van der Waals surface area contributed by atoms with Gasteiger partial charge in [-0.1, -0.05) is 11.6 Å². The molecule has 1 aliphatic heterocycles. The second-order valence-corrected chi connectivity index (χ2v) is 9.31. The molecule has 1 aromatic carbocycles. The van der Waals surface area contributed by atoms with E-state index in [2.05, 4.69) is 30.1 Å². The fraction of sp³-hybridized carbons (Fsp3) is 0.417. The number of amides is 1. The Morgan fingerprint density at radius 1 is 1.21 bits per heavy atom. The lowest BCUT2D eigenvalue weighted by Gasteiger charge is -2.39. The fourth-order valence-corrected chi connectivity index (χ4v) is 5.37. The summed E-state index contributed by atoms with van der Waals surface area (Å²) in [5, 5.41) is 3.36. The van der Waals surface area contributed by atoms with Crippen molar-refractivity contribution in [1.29, 1.82) is 0 Å². The maximum Gasteiger partial charge on any atom is 0.269 e. The molecule has 1 amide bonds. The molecule has 1 saturated carbocycles. The van der Waals surface area contributed by atoms with Crippen molar-refractivity contribution >= 4 is 34.1 Å². The van der Waals surface area contributed by atoms with Crippen LogP contribution in [0.4, 0.5) is 10.1 Å². The minimum Gasteiger partial charge on any atom is -0.367 e. The van der Waals surface area contributed by atoms with Crippen LogP contribution in [0.3, 0.4) is 0 Å². The number of aromatic nitrogens is 3. The SMILES string of the molecule is CNC(=O)c1cc(Cl)c(N2CCN([C@H]3CC[C@@H](c4nc5ccc(F)cc5c(=O)[nH]4)C3)CC2)cn1. The molecule has 8 nitrogen and oxygen atoms in total. The fourth-order valence-electron chi connectivity index (χ4n) is 5.10. The van der Waals surface area contributed by atoms with Gasteiger partial charge in [0.25, 0.3) is 11.5 Å².